The van der Waals surface area contributed by atoms with Gasteiger partial charge in [0.05, 0.1) is 18.0 Å². The minimum atomic E-state index is -0.00976. The third kappa shape index (κ3) is 4.53. The maximum Gasteiger partial charge on any atom is 0.255 e. The van der Waals surface area contributed by atoms with Crippen LogP contribution in [0, 0.1) is 0 Å². The zero-order valence-electron chi connectivity index (χ0n) is 12.1. The van der Waals surface area contributed by atoms with E-state index in [4.69, 9.17) is 0 Å². The van der Waals surface area contributed by atoms with E-state index in [9.17, 15) is 4.79 Å². The zero-order valence-corrected chi connectivity index (χ0v) is 12.1. The third-order valence-corrected chi connectivity index (χ3v) is 3.05. The van der Waals surface area contributed by atoms with Crippen molar-refractivity contribution in [3.8, 4) is 0 Å². The maximum absolute atomic E-state index is 12.4. The summed E-state index contributed by atoms with van der Waals surface area (Å²) in [7, 11) is 0. The van der Waals surface area contributed by atoms with Gasteiger partial charge in [-0.15, -0.1) is 0 Å². The van der Waals surface area contributed by atoms with Gasteiger partial charge in [-0.05, 0) is 18.1 Å². The van der Waals surface area contributed by atoms with Gasteiger partial charge in [-0.3, -0.25) is 4.79 Å². The minimum Gasteiger partial charge on any atom is -0.335 e. The summed E-state index contributed by atoms with van der Waals surface area (Å²) >= 11 is 0. The summed E-state index contributed by atoms with van der Waals surface area (Å²) in [6.07, 6.45) is 8.00. The molecule has 0 fully saturated rings. The Labute approximate surface area is 125 Å². The molecule has 1 aromatic carbocycles. The van der Waals surface area contributed by atoms with Crippen molar-refractivity contribution in [2.24, 2.45) is 0 Å². The van der Waals surface area contributed by atoms with Gasteiger partial charge in [0.2, 0.25) is 0 Å². The largest absolute Gasteiger partial charge is 0.335 e. The third-order valence-electron chi connectivity index (χ3n) is 3.05. The first-order chi connectivity index (χ1) is 10.3. The highest BCUT2D eigenvalue weighted by Crippen LogP contribution is 2.06. The van der Waals surface area contributed by atoms with Gasteiger partial charge >= 0.3 is 0 Å². The molecule has 2 aromatic rings. The Morgan fingerprint density at radius 1 is 1.19 bits per heavy atom. The number of rotatable bonds is 6. The molecular weight excluding hydrogens is 262 g/mol. The van der Waals surface area contributed by atoms with Crippen LogP contribution in [0.1, 0.15) is 29.3 Å². The lowest BCUT2D eigenvalue weighted by molar-refractivity contribution is 0.0773. The van der Waals surface area contributed by atoms with E-state index in [-0.39, 0.29) is 5.91 Å². The van der Waals surface area contributed by atoms with E-state index in [2.05, 4.69) is 17.1 Å². The number of nitrogens with zero attached hydrogens (tertiary/aromatic N) is 3. The second-order valence-corrected chi connectivity index (χ2v) is 4.70. The molecule has 0 aliphatic carbocycles. The first-order valence-corrected chi connectivity index (χ1v) is 7.09. The number of benzene rings is 1. The summed E-state index contributed by atoms with van der Waals surface area (Å²) in [5, 5.41) is 7.46. The summed E-state index contributed by atoms with van der Waals surface area (Å²) in [5.41, 5.74) is 1.71. The van der Waals surface area contributed by atoms with Crippen molar-refractivity contribution in [3.63, 3.8) is 0 Å². The van der Waals surface area contributed by atoms with Gasteiger partial charge in [-0.2, -0.15) is 10.2 Å². The Kier molecular flexibility index (Phi) is 5.64. The van der Waals surface area contributed by atoms with E-state index in [0.29, 0.717) is 12.1 Å². The standard InChI is InChI=1S/C17H19N3O/c1-2-12-20(17(21)16-10-11-18-19-14-16)13-6-9-15-7-4-3-5-8-15/h3-11,14H,2,12-13H2,1H3/b9-6+. The van der Waals surface area contributed by atoms with Crippen LogP contribution in [0.2, 0.25) is 0 Å². The van der Waals surface area contributed by atoms with Crippen LogP contribution in [-0.4, -0.2) is 34.1 Å². The highest BCUT2D eigenvalue weighted by molar-refractivity contribution is 5.93. The lowest BCUT2D eigenvalue weighted by Crippen LogP contribution is -2.32. The molecule has 1 aromatic heterocycles. The number of hydrogen-bond donors (Lipinski definition) is 0. The number of hydrogen-bond acceptors (Lipinski definition) is 3. The number of amides is 1. The smallest absolute Gasteiger partial charge is 0.255 e. The molecule has 1 amide bonds. The van der Waals surface area contributed by atoms with Gasteiger partial charge in [-0.1, -0.05) is 49.4 Å². The fourth-order valence-corrected chi connectivity index (χ4v) is 2.03. The molecule has 0 spiro atoms. The van der Waals surface area contributed by atoms with Crippen LogP contribution < -0.4 is 0 Å². The second kappa shape index (κ2) is 7.94. The van der Waals surface area contributed by atoms with Crippen molar-refractivity contribution in [1.82, 2.24) is 15.1 Å². The highest BCUT2D eigenvalue weighted by atomic mass is 16.2. The average Bonchev–Trinajstić information content (AvgIpc) is 2.55. The number of carbonyl (C=O) groups excluding carboxylic acids is 1. The molecule has 0 aliphatic heterocycles. The normalized spacial score (nSPS) is 10.7. The molecule has 2 rings (SSSR count). The van der Waals surface area contributed by atoms with Crippen molar-refractivity contribution in [1.29, 1.82) is 0 Å². The molecule has 0 aliphatic rings. The zero-order chi connectivity index (χ0) is 14.9. The van der Waals surface area contributed by atoms with Gasteiger partial charge in [0.15, 0.2) is 0 Å². The molecule has 0 saturated heterocycles. The summed E-state index contributed by atoms with van der Waals surface area (Å²) in [5.74, 6) is -0.00976. The SMILES string of the molecule is CCCN(C/C=C/c1ccccc1)C(=O)c1ccnnc1. The molecule has 108 valence electrons. The van der Waals surface area contributed by atoms with Gasteiger partial charge in [0.25, 0.3) is 5.91 Å². The van der Waals surface area contributed by atoms with Crippen molar-refractivity contribution in [3.05, 3.63) is 66.0 Å². The molecule has 0 N–H and O–H groups in total. The first-order valence-electron chi connectivity index (χ1n) is 7.09. The number of carbonyl (C=O) groups is 1. The van der Waals surface area contributed by atoms with Crippen molar-refractivity contribution in [2.75, 3.05) is 13.1 Å². The van der Waals surface area contributed by atoms with Crippen molar-refractivity contribution in [2.45, 2.75) is 13.3 Å². The molecule has 1 heterocycles. The van der Waals surface area contributed by atoms with Crippen LogP contribution in [0.15, 0.2) is 54.9 Å². The topological polar surface area (TPSA) is 46.1 Å². The molecular formula is C17H19N3O. The molecule has 0 radical (unpaired) electrons. The summed E-state index contributed by atoms with van der Waals surface area (Å²) in [6.45, 7) is 3.37. The van der Waals surface area contributed by atoms with E-state index < -0.39 is 0 Å². The fourth-order valence-electron chi connectivity index (χ4n) is 2.03. The van der Waals surface area contributed by atoms with Gasteiger partial charge in [0, 0.05) is 13.1 Å². The Morgan fingerprint density at radius 2 is 2.00 bits per heavy atom. The Morgan fingerprint density at radius 3 is 2.67 bits per heavy atom. The van der Waals surface area contributed by atoms with Crippen LogP contribution in [0.3, 0.4) is 0 Å². The summed E-state index contributed by atoms with van der Waals surface area (Å²) in [6, 6.07) is 11.7. The predicted molar refractivity (Wildman–Crippen MR) is 83.7 cm³/mol. The molecule has 4 nitrogen and oxygen atoms in total. The average molecular weight is 281 g/mol. The summed E-state index contributed by atoms with van der Waals surface area (Å²) in [4.78, 5) is 14.2. The fraction of sp³-hybridized carbons (Fsp3) is 0.235. The van der Waals surface area contributed by atoms with Crippen LogP contribution in [0.5, 0.6) is 0 Å². The van der Waals surface area contributed by atoms with Gasteiger partial charge in [0.1, 0.15) is 0 Å². The quantitative estimate of drug-likeness (QED) is 0.817. The highest BCUT2D eigenvalue weighted by Gasteiger charge is 2.13. The Balaban J connectivity index is 2.02. The van der Waals surface area contributed by atoms with Crippen LogP contribution >= 0.6 is 0 Å². The lowest BCUT2D eigenvalue weighted by Gasteiger charge is -2.20. The van der Waals surface area contributed by atoms with Crippen LogP contribution in [0.25, 0.3) is 6.08 Å². The lowest BCUT2D eigenvalue weighted by atomic mass is 10.2. The van der Waals surface area contributed by atoms with Crippen molar-refractivity contribution < 1.29 is 4.79 Å². The van der Waals surface area contributed by atoms with E-state index in [0.717, 1.165) is 18.5 Å². The van der Waals surface area contributed by atoms with E-state index in [1.54, 1.807) is 6.07 Å². The van der Waals surface area contributed by atoms with Crippen LogP contribution in [-0.2, 0) is 0 Å². The molecule has 0 bridgehead atoms. The monoisotopic (exact) mass is 281 g/mol. The second-order valence-electron chi connectivity index (χ2n) is 4.70. The Bertz CT molecular complexity index is 581. The van der Waals surface area contributed by atoms with E-state index in [1.165, 1.54) is 12.4 Å². The molecule has 0 unspecified atom stereocenters. The molecule has 21 heavy (non-hydrogen) atoms. The minimum absolute atomic E-state index is 0.00976. The van der Waals surface area contributed by atoms with E-state index in [1.807, 2.05) is 47.4 Å². The van der Waals surface area contributed by atoms with Gasteiger partial charge < -0.3 is 4.90 Å². The van der Waals surface area contributed by atoms with Crippen LogP contribution in [0.4, 0.5) is 0 Å². The molecule has 4 heteroatoms. The predicted octanol–water partition coefficient (Wildman–Crippen LogP) is 3.04. The summed E-state index contributed by atoms with van der Waals surface area (Å²) < 4.78 is 0. The number of aromatic nitrogens is 2. The molecule has 0 saturated carbocycles. The first kappa shape index (κ1) is 14.9. The maximum atomic E-state index is 12.4. The van der Waals surface area contributed by atoms with Crippen molar-refractivity contribution >= 4 is 12.0 Å². The van der Waals surface area contributed by atoms with E-state index >= 15 is 0 Å². The Hall–Kier alpha value is -2.49. The van der Waals surface area contributed by atoms with Gasteiger partial charge in [-0.25, -0.2) is 0 Å². The molecule has 0 atom stereocenters.